The number of fused-ring (bicyclic) bond motifs is 4. The van der Waals surface area contributed by atoms with E-state index in [1.54, 1.807) is 0 Å². The molecular weight excluding hydrogens is 424 g/mol. The van der Waals surface area contributed by atoms with Crippen molar-refractivity contribution in [1.29, 1.82) is 0 Å². The van der Waals surface area contributed by atoms with Crippen molar-refractivity contribution in [2.75, 3.05) is 27.3 Å². The molecule has 0 bridgehead atoms. The summed E-state index contributed by atoms with van der Waals surface area (Å²) in [6.07, 6.45) is 23.2. The quantitative estimate of drug-likeness (QED) is 0.461. The molecule has 33 heavy (non-hydrogen) atoms. The van der Waals surface area contributed by atoms with Crippen molar-refractivity contribution < 1.29 is 8.85 Å². The highest BCUT2D eigenvalue weighted by Gasteiger charge is 2.60. The Balaban J connectivity index is 1.28. The fourth-order valence-corrected chi connectivity index (χ4v) is 13.9. The zero-order chi connectivity index (χ0) is 22.4. The number of piperidine rings is 2. The van der Waals surface area contributed by atoms with E-state index in [0.29, 0.717) is 12.1 Å². The van der Waals surface area contributed by atoms with Crippen LogP contribution in [0.2, 0.25) is 0 Å². The molecule has 0 aromatic rings. The highest BCUT2D eigenvalue weighted by atomic mass is 28.4. The molecule has 6 fully saturated rings. The minimum Gasteiger partial charge on any atom is -0.374 e. The van der Waals surface area contributed by atoms with Crippen molar-refractivity contribution in [3.63, 3.8) is 0 Å². The molecule has 8 atom stereocenters. The lowest BCUT2D eigenvalue weighted by Gasteiger charge is -2.59. The van der Waals surface area contributed by atoms with Gasteiger partial charge in [-0.1, -0.05) is 51.4 Å². The van der Waals surface area contributed by atoms with Crippen LogP contribution in [0.25, 0.3) is 0 Å². The third-order valence-corrected chi connectivity index (χ3v) is 15.2. The van der Waals surface area contributed by atoms with Gasteiger partial charge >= 0.3 is 8.88 Å². The van der Waals surface area contributed by atoms with Crippen LogP contribution in [0, 0.1) is 35.5 Å². The van der Waals surface area contributed by atoms with E-state index in [4.69, 9.17) is 8.85 Å². The summed E-state index contributed by atoms with van der Waals surface area (Å²) >= 11 is 0. The lowest BCUT2D eigenvalue weighted by molar-refractivity contribution is -0.0425. The fraction of sp³-hybridized carbons (Fsp3) is 1.00. The standard InChI is InChI=1S/C28H50N2O2Si/c1-31-33(32-2,29-15-7-13-25-17-21-9-3-5-11-23(21)19-27(25)29)30-16-8-14-26-18-22-10-4-6-12-24(22)20-28(26)30/h21-28H,3-20H2,1-2H3. The van der Waals surface area contributed by atoms with Gasteiger partial charge in [-0.3, -0.25) is 9.13 Å². The van der Waals surface area contributed by atoms with Crippen LogP contribution in [0.1, 0.15) is 103 Å². The van der Waals surface area contributed by atoms with Gasteiger partial charge in [0.25, 0.3) is 0 Å². The number of hydrogen-bond acceptors (Lipinski definition) is 4. The van der Waals surface area contributed by atoms with Crippen LogP contribution in [-0.4, -0.2) is 57.4 Å². The molecule has 6 aliphatic rings. The Kier molecular flexibility index (Phi) is 6.99. The van der Waals surface area contributed by atoms with Crippen LogP contribution in [0.3, 0.4) is 0 Å². The smallest absolute Gasteiger partial charge is 0.374 e. The van der Waals surface area contributed by atoms with E-state index in [9.17, 15) is 0 Å². The molecule has 2 heterocycles. The first-order valence-corrected chi connectivity index (χ1v) is 16.6. The Morgan fingerprint density at radius 2 is 0.848 bits per heavy atom. The first-order chi connectivity index (χ1) is 16.2. The van der Waals surface area contributed by atoms with Crippen molar-refractivity contribution in [2.45, 2.75) is 115 Å². The van der Waals surface area contributed by atoms with E-state index >= 15 is 0 Å². The average molecular weight is 475 g/mol. The minimum absolute atomic E-state index is 0.705. The normalized spacial score (nSPS) is 44.9. The highest BCUT2D eigenvalue weighted by Crippen LogP contribution is 2.51. The van der Waals surface area contributed by atoms with Gasteiger partial charge in [-0.2, -0.15) is 0 Å². The summed E-state index contributed by atoms with van der Waals surface area (Å²) in [5.74, 6) is 5.72. The summed E-state index contributed by atoms with van der Waals surface area (Å²) in [5, 5.41) is 0. The Morgan fingerprint density at radius 1 is 0.485 bits per heavy atom. The summed E-state index contributed by atoms with van der Waals surface area (Å²) in [4.78, 5) is 0. The SMILES string of the molecule is CO[Si](OC)(N1CCCC2CC3CCCCC3CC21)N1CCCC2CC3CCCCC3CC21. The minimum atomic E-state index is -2.60. The molecule has 8 unspecified atom stereocenters. The maximum absolute atomic E-state index is 6.70. The molecule has 5 heteroatoms. The molecule has 6 rings (SSSR count). The summed E-state index contributed by atoms with van der Waals surface area (Å²) < 4.78 is 19.2. The van der Waals surface area contributed by atoms with Crippen LogP contribution in [0.15, 0.2) is 0 Å². The van der Waals surface area contributed by atoms with Gasteiger partial charge in [0.1, 0.15) is 0 Å². The predicted octanol–water partition coefficient (Wildman–Crippen LogP) is 6.08. The maximum Gasteiger partial charge on any atom is 0.522 e. The average Bonchev–Trinajstić information content (AvgIpc) is 2.87. The summed E-state index contributed by atoms with van der Waals surface area (Å²) in [6, 6.07) is 1.41. The van der Waals surface area contributed by atoms with Crippen molar-refractivity contribution in [3.05, 3.63) is 0 Å². The third-order valence-electron chi connectivity index (χ3n) is 11.5. The molecule has 4 saturated carbocycles. The highest BCUT2D eigenvalue weighted by molar-refractivity contribution is 6.61. The van der Waals surface area contributed by atoms with Gasteiger partial charge in [-0.15, -0.1) is 0 Å². The maximum atomic E-state index is 6.70. The summed E-state index contributed by atoms with van der Waals surface area (Å²) in [7, 11) is 1.40. The second-order valence-electron chi connectivity index (χ2n) is 12.8. The van der Waals surface area contributed by atoms with E-state index in [0.717, 1.165) is 35.5 Å². The molecule has 0 aromatic carbocycles. The van der Waals surface area contributed by atoms with Gasteiger partial charge in [0.2, 0.25) is 0 Å². The molecule has 4 nitrogen and oxygen atoms in total. The van der Waals surface area contributed by atoms with Crippen molar-refractivity contribution in [1.82, 2.24) is 9.13 Å². The number of rotatable bonds is 4. The Bertz CT molecular complexity index is 620. The molecule has 2 aliphatic heterocycles. The van der Waals surface area contributed by atoms with Crippen LogP contribution in [0.4, 0.5) is 0 Å². The van der Waals surface area contributed by atoms with E-state index in [-0.39, 0.29) is 0 Å². The summed E-state index contributed by atoms with van der Waals surface area (Å²) in [6.45, 7) is 2.40. The van der Waals surface area contributed by atoms with E-state index in [2.05, 4.69) is 9.13 Å². The van der Waals surface area contributed by atoms with Gasteiger partial charge < -0.3 is 8.85 Å². The van der Waals surface area contributed by atoms with Crippen LogP contribution < -0.4 is 0 Å². The van der Waals surface area contributed by atoms with Gasteiger partial charge in [-0.05, 0) is 100.0 Å². The van der Waals surface area contributed by atoms with Gasteiger partial charge in [0.05, 0.1) is 0 Å². The van der Waals surface area contributed by atoms with Gasteiger partial charge in [0.15, 0.2) is 0 Å². The monoisotopic (exact) mass is 474 g/mol. The summed E-state index contributed by atoms with van der Waals surface area (Å²) in [5.41, 5.74) is 0. The molecule has 0 aromatic heterocycles. The fourth-order valence-electron chi connectivity index (χ4n) is 10.1. The van der Waals surface area contributed by atoms with E-state index in [1.807, 2.05) is 14.2 Å². The zero-order valence-electron chi connectivity index (χ0n) is 21.6. The zero-order valence-corrected chi connectivity index (χ0v) is 22.6. The lowest BCUT2D eigenvalue weighted by Crippen LogP contribution is -2.77. The van der Waals surface area contributed by atoms with Crippen LogP contribution >= 0.6 is 0 Å². The molecule has 2 saturated heterocycles. The molecule has 0 spiro atoms. The molecular formula is C28H50N2O2Si. The van der Waals surface area contributed by atoms with Crippen molar-refractivity contribution >= 4 is 8.88 Å². The molecule has 188 valence electrons. The number of nitrogens with zero attached hydrogens (tertiary/aromatic N) is 2. The Hall–Kier alpha value is 0.0569. The predicted molar refractivity (Wildman–Crippen MR) is 136 cm³/mol. The Labute approximate surface area is 204 Å². The topological polar surface area (TPSA) is 24.9 Å². The van der Waals surface area contributed by atoms with Crippen LogP contribution in [-0.2, 0) is 8.85 Å². The molecule has 4 aliphatic carbocycles. The van der Waals surface area contributed by atoms with Gasteiger partial charge in [0, 0.05) is 26.3 Å². The van der Waals surface area contributed by atoms with Gasteiger partial charge in [-0.25, -0.2) is 0 Å². The van der Waals surface area contributed by atoms with Crippen molar-refractivity contribution in [3.8, 4) is 0 Å². The first kappa shape index (κ1) is 23.5. The third kappa shape index (κ3) is 4.10. The second-order valence-corrected chi connectivity index (χ2v) is 15.9. The lowest BCUT2D eigenvalue weighted by atomic mass is 9.64. The van der Waals surface area contributed by atoms with Crippen LogP contribution in [0.5, 0.6) is 0 Å². The largest absolute Gasteiger partial charge is 0.522 e. The van der Waals surface area contributed by atoms with E-state index < -0.39 is 8.88 Å². The molecule has 0 N–H and O–H groups in total. The van der Waals surface area contributed by atoms with E-state index in [1.165, 1.54) is 116 Å². The molecule has 0 radical (unpaired) electrons. The van der Waals surface area contributed by atoms with Crippen molar-refractivity contribution in [2.24, 2.45) is 35.5 Å². The number of hydrogen-bond donors (Lipinski definition) is 0. The second kappa shape index (κ2) is 9.84. The molecule has 0 amide bonds. The first-order valence-electron chi connectivity index (χ1n) is 14.9. The Morgan fingerprint density at radius 3 is 1.24 bits per heavy atom.